The standard InChI is InChI=1S/C16H18BrNS/c1-18-16(14-9-10-15(17)19-14)13-8-4-6-11-5-2-3-7-12(11)13/h2-3,5,7,9-10,13,16,18H,4,6,8H2,1H3. The number of hydrogen-bond acceptors (Lipinski definition) is 2. The number of thiophene rings is 1. The van der Waals surface area contributed by atoms with Crippen LogP contribution in [0.4, 0.5) is 0 Å². The molecule has 19 heavy (non-hydrogen) atoms. The summed E-state index contributed by atoms with van der Waals surface area (Å²) in [5, 5.41) is 3.53. The highest BCUT2D eigenvalue weighted by Gasteiger charge is 2.28. The van der Waals surface area contributed by atoms with Crippen LogP contribution in [0.15, 0.2) is 40.2 Å². The summed E-state index contributed by atoms with van der Waals surface area (Å²) in [6.45, 7) is 0. The van der Waals surface area contributed by atoms with Crippen LogP contribution in [0.2, 0.25) is 0 Å². The molecule has 1 aliphatic carbocycles. The molecule has 2 aromatic rings. The summed E-state index contributed by atoms with van der Waals surface area (Å²) >= 11 is 5.42. The van der Waals surface area contributed by atoms with E-state index in [-0.39, 0.29) is 0 Å². The largest absolute Gasteiger partial charge is 0.312 e. The third-order valence-corrected chi connectivity index (χ3v) is 5.74. The summed E-state index contributed by atoms with van der Waals surface area (Å²) in [5.74, 6) is 0.598. The predicted molar refractivity (Wildman–Crippen MR) is 85.9 cm³/mol. The van der Waals surface area contributed by atoms with Gasteiger partial charge in [-0.1, -0.05) is 24.3 Å². The molecule has 1 N–H and O–H groups in total. The molecule has 0 spiro atoms. The minimum atomic E-state index is 0.428. The summed E-state index contributed by atoms with van der Waals surface area (Å²) in [7, 11) is 2.08. The summed E-state index contributed by atoms with van der Waals surface area (Å²) in [6.07, 6.45) is 3.81. The van der Waals surface area contributed by atoms with Crippen molar-refractivity contribution in [2.45, 2.75) is 31.2 Å². The van der Waals surface area contributed by atoms with Gasteiger partial charge in [0, 0.05) is 16.8 Å². The van der Waals surface area contributed by atoms with E-state index >= 15 is 0 Å². The molecular weight excluding hydrogens is 318 g/mol. The monoisotopic (exact) mass is 335 g/mol. The van der Waals surface area contributed by atoms with Crippen LogP contribution in [0.1, 0.15) is 40.8 Å². The van der Waals surface area contributed by atoms with Gasteiger partial charge < -0.3 is 5.32 Å². The first-order chi connectivity index (χ1) is 9.29. The van der Waals surface area contributed by atoms with Crippen LogP contribution in [-0.4, -0.2) is 7.05 Å². The van der Waals surface area contributed by atoms with E-state index in [1.54, 1.807) is 0 Å². The molecule has 0 saturated heterocycles. The average molecular weight is 336 g/mol. The van der Waals surface area contributed by atoms with Crippen LogP contribution in [0.25, 0.3) is 0 Å². The first kappa shape index (κ1) is 13.3. The number of benzene rings is 1. The molecule has 0 saturated carbocycles. The predicted octanol–water partition coefficient (Wildman–Crippen LogP) is 4.89. The Hall–Kier alpha value is -0.640. The second kappa shape index (κ2) is 5.78. The van der Waals surface area contributed by atoms with Crippen LogP contribution in [0.5, 0.6) is 0 Å². The maximum Gasteiger partial charge on any atom is 0.0701 e. The van der Waals surface area contributed by atoms with E-state index in [1.165, 1.54) is 39.1 Å². The van der Waals surface area contributed by atoms with Crippen molar-refractivity contribution >= 4 is 27.3 Å². The molecule has 2 atom stereocenters. The van der Waals surface area contributed by atoms with E-state index in [1.807, 2.05) is 11.3 Å². The van der Waals surface area contributed by atoms with Gasteiger partial charge in [0.1, 0.15) is 0 Å². The quantitative estimate of drug-likeness (QED) is 0.841. The van der Waals surface area contributed by atoms with Gasteiger partial charge in [-0.05, 0) is 65.5 Å². The van der Waals surface area contributed by atoms with E-state index in [4.69, 9.17) is 0 Å². The highest BCUT2D eigenvalue weighted by Crippen LogP contribution is 2.42. The highest BCUT2D eigenvalue weighted by molar-refractivity contribution is 9.11. The zero-order chi connectivity index (χ0) is 13.2. The van der Waals surface area contributed by atoms with Crippen LogP contribution in [0.3, 0.4) is 0 Å². The first-order valence-electron chi connectivity index (χ1n) is 6.80. The van der Waals surface area contributed by atoms with E-state index in [9.17, 15) is 0 Å². The van der Waals surface area contributed by atoms with Crippen molar-refractivity contribution in [1.29, 1.82) is 0 Å². The van der Waals surface area contributed by atoms with E-state index < -0.39 is 0 Å². The molecule has 2 unspecified atom stereocenters. The first-order valence-corrected chi connectivity index (χ1v) is 8.41. The summed E-state index contributed by atoms with van der Waals surface area (Å²) in [5.41, 5.74) is 3.08. The number of hydrogen-bond donors (Lipinski definition) is 1. The number of nitrogens with one attached hydrogen (secondary N) is 1. The Balaban J connectivity index is 1.97. The molecule has 0 fully saturated rings. The van der Waals surface area contributed by atoms with E-state index in [2.05, 4.69) is 64.7 Å². The van der Waals surface area contributed by atoms with Crippen molar-refractivity contribution < 1.29 is 0 Å². The SMILES string of the molecule is CNC(c1ccc(Br)s1)C1CCCc2ccccc21. The van der Waals surface area contributed by atoms with Gasteiger partial charge in [-0.2, -0.15) is 0 Å². The molecule has 1 aromatic carbocycles. The van der Waals surface area contributed by atoms with Crippen LogP contribution in [0, 0.1) is 0 Å². The zero-order valence-electron chi connectivity index (χ0n) is 11.0. The third kappa shape index (κ3) is 2.64. The fraction of sp³-hybridized carbons (Fsp3) is 0.375. The van der Waals surface area contributed by atoms with Gasteiger partial charge in [0.05, 0.1) is 3.79 Å². The number of halogens is 1. The number of likely N-dealkylation sites (N-methyl/N-ethyl adjacent to an activating group) is 1. The number of aryl methyl sites for hydroxylation is 1. The second-order valence-corrected chi connectivity index (χ2v) is 7.60. The fourth-order valence-corrected chi connectivity index (χ4v) is 4.77. The van der Waals surface area contributed by atoms with Gasteiger partial charge in [0.2, 0.25) is 0 Å². The summed E-state index contributed by atoms with van der Waals surface area (Å²) < 4.78 is 1.21. The molecule has 0 aliphatic heterocycles. The Morgan fingerprint density at radius 1 is 1.26 bits per heavy atom. The van der Waals surface area contributed by atoms with E-state index in [0.29, 0.717) is 12.0 Å². The molecule has 1 aromatic heterocycles. The lowest BCUT2D eigenvalue weighted by atomic mass is 9.78. The zero-order valence-corrected chi connectivity index (χ0v) is 13.4. The summed E-state index contributed by atoms with van der Waals surface area (Å²) in [6, 6.07) is 13.8. The fourth-order valence-electron chi connectivity index (χ4n) is 3.17. The maximum absolute atomic E-state index is 3.58. The molecule has 0 bridgehead atoms. The van der Waals surface area contributed by atoms with Crippen molar-refractivity contribution in [3.8, 4) is 0 Å². The van der Waals surface area contributed by atoms with Gasteiger partial charge in [-0.15, -0.1) is 11.3 Å². The van der Waals surface area contributed by atoms with Gasteiger partial charge in [-0.3, -0.25) is 0 Å². The summed E-state index contributed by atoms with van der Waals surface area (Å²) in [4.78, 5) is 1.43. The van der Waals surface area contributed by atoms with Crippen LogP contribution >= 0.6 is 27.3 Å². The molecule has 3 heteroatoms. The minimum Gasteiger partial charge on any atom is -0.312 e. The Labute approximate surface area is 127 Å². The smallest absolute Gasteiger partial charge is 0.0701 e. The van der Waals surface area contributed by atoms with Crippen molar-refractivity contribution in [3.05, 3.63) is 56.2 Å². The Kier molecular flexibility index (Phi) is 4.06. The van der Waals surface area contributed by atoms with Crippen LogP contribution in [-0.2, 0) is 6.42 Å². The third-order valence-electron chi connectivity index (χ3n) is 4.03. The van der Waals surface area contributed by atoms with Gasteiger partial charge in [-0.25, -0.2) is 0 Å². The normalized spacial score (nSPS) is 20.0. The lowest BCUT2D eigenvalue weighted by Gasteiger charge is -2.31. The Bertz CT molecular complexity index is 563. The number of rotatable bonds is 3. The van der Waals surface area contributed by atoms with Gasteiger partial charge in [0.25, 0.3) is 0 Å². The Morgan fingerprint density at radius 3 is 2.84 bits per heavy atom. The Morgan fingerprint density at radius 2 is 2.11 bits per heavy atom. The molecule has 1 nitrogen and oxygen atoms in total. The molecule has 1 aliphatic rings. The highest BCUT2D eigenvalue weighted by atomic mass is 79.9. The molecule has 0 amide bonds. The molecule has 3 rings (SSSR count). The molecule has 0 radical (unpaired) electrons. The molecular formula is C16H18BrNS. The molecule has 100 valence electrons. The van der Waals surface area contributed by atoms with Crippen molar-refractivity contribution in [3.63, 3.8) is 0 Å². The van der Waals surface area contributed by atoms with Gasteiger partial charge in [0.15, 0.2) is 0 Å². The molecule has 1 heterocycles. The van der Waals surface area contributed by atoms with Crippen molar-refractivity contribution in [1.82, 2.24) is 5.32 Å². The lowest BCUT2D eigenvalue weighted by Crippen LogP contribution is -2.26. The topological polar surface area (TPSA) is 12.0 Å². The van der Waals surface area contributed by atoms with Gasteiger partial charge >= 0.3 is 0 Å². The average Bonchev–Trinajstić information content (AvgIpc) is 2.86. The maximum atomic E-state index is 3.58. The lowest BCUT2D eigenvalue weighted by molar-refractivity contribution is 0.430. The minimum absolute atomic E-state index is 0.428. The van der Waals surface area contributed by atoms with Crippen LogP contribution < -0.4 is 5.32 Å². The van der Waals surface area contributed by atoms with Crippen molar-refractivity contribution in [2.75, 3.05) is 7.05 Å². The second-order valence-electron chi connectivity index (χ2n) is 5.11. The van der Waals surface area contributed by atoms with E-state index in [0.717, 1.165) is 0 Å². The van der Waals surface area contributed by atoms with Crippen molar-refractivity contribution in [2.24, 2.45) is 0 Å². The number of fused-ring (bicyclic) bond motifs is 1.